The SMILES string of the molecule is NC(=O)c1ccc(CCC(=O)NC2CC(=O)N(c3ccc(Cl)c(F)c3)C2)cc1. The van der Waals surface area contributed by atoms with Crippen molar-refractivity contribution in [1.82, 2.24) is 5.32 Å². The second-order valence-corrected chi connectivity index (χ2v) is 7.04. The van der Waals surface area contributed by atoms with Gasteiger partial charge in [-0.1, -0.05) is 23.7 Å². The summed E-state index contributed by atoms with van der Waals surface area (Å²) in [5.74, 6) is -1.46. The average Bonchev–Trinajstić information content (AvgIpc) is 3.02. The largest absolute Gasteiger partial charge is 0.366 e. The van der Waals surface area contributed by atoms with Gasteiger partial charge in [0.2, 0.25) is 17.7 Å². The molecular weight excluding hydrogens is 385 g/mol. The molecule has 1 atom stereocenters. The van der Waals surface area contributed by atoms with Crippen LogP contribution in [0.1, 0.15) is 28.8 Å². The Hall–Kier alpha value is -2.93. The van der Waals surface area contributed by atoms with Gasteiger partial charge in [0.05, 0.1) is 11.1 Å². The first-order valence-electron chi connectivity index (χ1n) is 8.77. The molecule has 1 heterocycles. The summed E-state index contributed by atoms with van der Waals surface area (Å²) in [6.07, 6.45) is 0.900. The van der Waals surface area contributed by atoms with Crippen LogP contribution in [-0.4, -0.2) is 30.3 Å². The van der Waals surface area contributed by atoms with Crippen molar-refractivity contribution in [3.05, 3.63) is 64.4 Å². The molecule has 3 amide bonds. The number of carbonyl (C=O) groups is 3. The Balaban J connectivity index is 1.52. The van der Waals surface area contributed by atoms with Gasteiger partial charge in [-0.2, -0.15) is 0 Å². The van der Waals surface area contributed by atoms with Crippen LogP contribution in [0, 0.1) is 5.82 Å². The molecule has 28 heavy (non-hydrogen) atoms. The van der Waals surface area contributed by atoms with Crippen molar-refractivity contribution in [3.8, 4) is 0 Å². The fourth-order valence-corrected chi connectivity index (χ4v) is 3.22. The molecule has 1 aliphatic heterocycles. The molecule has 3 rings (SSSR count). The van der Waals surface area contributed by atoms with Gasteiger partial charge in [-0.25, -0.2) is 4.39 Å². The maximum absolute atomic E-state index is 13.6. The number of hydrogen-bond donors (Lipinski definition) is 2. The molecule has 1 unspecified atom stereocenters. The first-order valence-corrected chi connectivity index (χ1v) is 9.15. The Morgan fingerprint density at radius 3 is 2.57 bits per heavy atom. The molecule has 1 fully saturated rings. The van der Waals surface area contributed by atoms with E-state index in [1.807, 2.05) is 0 Å². The number of halogens is 2. The van der Waals surface area contributed by atoms with Crippen molar-refractivity contribution in [3.63, 3.8) is 0 Å². The second kappa shape index (κ2) is 8.39. The first-order chi connectivity index (χ1) is 13.3. The topological polar surface area (TPSA) is 92.5 Å². The summed E-state index contributed by atoms with van der Waals surface area (Å²) in [7, 11) is 0. The molecule has 2 aromatic carbocycles. The summed E-state index contributed by atoms with van der Waals surface area (Å²) in [5.41, 5.74) is 6.93. The zero-order valence-corrected chi connectivity index (χ0v) is 15.7. The minimum atomic E-state index is -0.596. The van der Waals surface area contributed by atoms with Crippen LogP contribution in [0.2, 0.25) is 5.02 Å². The maximum Gasteiger partial charge on any atom is 0.248 e. The third-order valence-electron chi connectivity index (χ3n) is 4.58. The summed E-state index contributed by atoms with van der Waals surface area (Å²) in [5, 5.41) is 2.83. The number of nitrogens with two attached hydrogens (primary N) is 1. The van der Waals surface area contributed by atoms with Crippen LogP contribution in [0.4, 0.5) is 10.1 Å². The third kappa shape index (κ3) is 4.67. The van der Waals surface area contributed by atoms with Crippen LogP contribution >= 0.6 is 11.6 Å². The predicted octanol–water partition coefficient (Wildman–Crippen LogP) is 2.43. The molecule has 0 aliphatic carbocycles. The van der Waals surface area contributed by atoms with E-state index in [-0.39, 0.29) is 42.3 Å². The van der Waals surface area contributed by atoms with Gasteiger partial charge in [0.15, 0.2) is 0 Å². The molecule has 0 spiro atoms. The number of rotatable bonds is 6. The fraction of sp³-hybridized carbons (Fsp3) is 0.250. The number of nitrogens with zero attached hydrogens (tertiary/aromatic N) is 1. The third-order valence-corrected chi connectivity index (χ3v) is 4.89. The van der Waals surface area contributed by atoms with E-state index in [0.29, 0.717) is 17.7 Å². The minimum Gasteiger partial charge on any atom is -0.366 e. The Labute approximate surface area is 166 Å². The molecule has 1 aliphatic rings. The van der Waals surface area contributed by atoms with E-state index >= 15 is 0 Å². The van der Waals surface area contributed by atoms with Crippen LogP contribution < -0.4 is 16.0 Å². The standard InChI is InChI=1S/C20H19ClFN3O3/c21-16-7-6-15(10-17(16)22)25-11-14(9-19(25)27)24-18(26)8-3-12-1-4-13(5-2-12)20(23)28/h1-2,4-7,10,14H,3,8-9,11H2,(H2,23,28)(H,24,26). The van der Waals surface area contributed by atoms with E-state index in [4.69, 9.17) is 17.3 Å². The Kier molecular flexibility index (Phi) is 5.94. The van der Waals surface area contributed by atoms with Gasteiger partial charge >= 0.3 is 0 Å². The molecule has 0 bridgehead atoms. The number of carbonyl (C=O) groups excluding carboxylic acids is 3. The number of benzene rings is 2. The molecule has 8 heteroatoms. The molecule has 0 radical (unpaired) electrons. The van der Waals surface area contributed by atoms with Crippen LogP contribution in [0.5, 0.6) is 0 Å². The maximum atomic E-state index is 13.6. The Morgan fingerprint density at radius 1 is 1.21 bits per heavy atom. The highest BCUT2D eigenvalue weighted by molar-refractivity contribution is 6.30. The van der Waals surface area contributed by atoms with Crippen LogP contribution in [-0.2, 0) is 16.0 Å². The number of aryl methyl sites for hydroxylation is 1. The monoisotopic (exact) mass is 403 g/mol. The number of primary amides is 1. The summed E-state index contributed by atoms with van der Waals surface area (Å²) >= 11 is 5.67. The van der Waals surface area contributed by atoms with Gasteiger partial charge in [-0.3, -0.25) is 14.4 Å². The lowest BCUT2D eigenvalue weighted by atomic mass is 10.1. The van der Waals surface area contributed by atoms with Gasteiger partial charge in [0.25, 0.3) is 0 Å². The van der Waals surface area contributed by atoms with Crippen molar-refractivity contribution in [1.29, 1.82) is 0 Å². The van der Waals surface area contributed by atoms with Gasteiger partial charge in [0.1, 0.15) is 5.82 Å². The van der Waals surface area contributed by atoms with Crippen LogP contribution in [0.3, 0.4) is 0 Å². The summed E-state index contributed by atoms with van der Waals surface area (Å²) < 4.78 is 13.6. The normalized spacial score (nSPS) is 16.3. The summed E-state index contributed by atoms with van der Waals surface area (Å²) in [6, 6.07) is 10.6. The zero-order chi connectivity index (χ0) is 20.3. The van der Waals surface area contributed by atoms with Crippen molar-refractivity contribution < 1.29 is 18.8 Å². The lowest BCUT2D eigenvalue weighted by Gasteiger charge is -2.17. The Morgan fingerprint density at radius 2 is 1.93 bits per heavy atom. The highest BCUT2D eigenvalue weighted by Gasteiger charge is 2.31. The summed E-state index contributed by atoms with van der Waals surface area (Å²) in [6.45, 7) is 0.277. The lowest BCUT2D eigenvalue weighted by Crippen LogP contribution is -2.37. The highest BCUT2D eigenvalue weighted by Crippen LogP contribution is 2.25. The number of nitrogens with one attached hydrogen (secondary N) is 1. The number of amides is 3. The van der Waals surface area contributed by atoms with Crippen molar-refractivity contribution in [2.75, 3.05) is 11.4 Å². The lowest BCUT2D eigenvalue weighted by molar-refractivity contribution is -0.121. The van der Waals surface area contributed by atoms with Crippen molar-refractivity contribution in [2.24, 2.45) is 5.73 Å². The van der Waals surface area contributed by atoms with E-state index in [0.717, 1.165) is 5.56 Å². The fourth-order valence-electron chi connectivity index (χ4n) is 3.10. The van der Waals surface area contributed by atoms with Gasteiger partial charge in [0, 0.05) is 30.6 Å². The van der Waals surface area contributed by atoms with E-state index in [9.17, 15) is 18.8 Å². The average molecular weight is 404 g/mol. The van der Waals surface area contributed by atoms with E-state index < -0.39 is 11.7 Å². The van der Waals surface area contributed by atoms with Crippen molar-refractivity contribution >= 4 is 35.0 Å². The zero-order valence-electron chi connectivity index (χ0n) is 15.0. The molecule has 1 saturated heterocycles. The van der Waals surface area contributed by atoms with E-state index in [1.165, 1.54) is 17.0 Å². The molecular formula is C20H19ClFN3O3. The van der Waals surface area contributed by atoms with E-state index in [2.05, 4.69) is 5.32 Å². The minimum absolute atomic E-state index is 0.0101. The Bertz CT molecular complexity index is 917. The number of anilines is 1. The van der Waals surface area contributed by atoms with Gasteiger partial charge in [-0.15, -0.1) is 0 Å². The smallest absolute Gasteiger partial charge is 0.248 e. The van der Waals surface area contributed by atoms with E-state index in [1.54, 1.807) is 30.3 Å². The quantitative estimate of drug-likeness (QED) is 0.775. The molecule has 3 N–H and O–H groups in total. The van der Waals surface area contributed by atoms with Crippen molar-refractivity contribution in [2.45, 2.75) is 25.3 Å². The number of hydrogen-bond acceptors (Lipinski definition) is 3. The molecule has 0 saturated carbocycles. The van der Waals surface area contributed by atoms with Gasteiger partial charge in [-0.05, 0) is 42.3 Å². The second-order valence-electron chi connectivity index (χ2n) is 6.63. The van der Waals surface area contributed by atoms with Gasteiger partial charge < -0.3 is 16.0 Å². The highest BCUT2D eigenvalue weighted by atomic mass is 35.5. The molecule has 2 aromatic rings. The van der Waals surface area contributed by atoms with Crippen LogP contribution in [0.15, 0.2) is 42.5 Å². The predicted molar refractivity (Wildman–Crippen MR) is 104 cm³/mol. The summed E-state index contributed by atoms with van der Waals surface area (Å²) in [4.78, 5) is 36.9. The van der Waals surface area contributed by atoms with Crippen LogP contribution in [0.25, 0.3) is 0 Å². The molecule has 0 aromatic heterocycles. The first kappa shape index (κ1) is 19.8. The molecule has 6 nitrogen and oxygen atoms in total. The molecule has 146 valence electrons.